The Kier molecular flexibility index (Phi) is 5.20. The molecule has 0 nitrogen and oxygen atoms in total. The average molecular weight is 398 g/mol. The molecule has 0 aliphatic heterocycles. The molecule has 1 aliphatic carbocycles. The van der Waals surface area contributed by atoms with Gasteiger partial charge in [-0.1, -0.05) is 50.6 Å². The molecule has 29 heavy (non-hydrogen) atoms. The molecule has 0 fully saturated rings. The molecule has 0 radical (unpaired) electrons. The lowest BCUT2D eigenvalue weighted by Crippen LogP contribution is -2.00. The van der Waals surface area contributed by atoms with Crippen molar-refractivity contribution in [1.82, 2.24) is 0 Å². The maximum atomic E-state index is 15.0. The average Bonchev–Trinajstić information content (AvgIpc) is 3.10. The number of hydrogen-bond donors (Lipinski definition) is 0. The lowest BCUT2D eigenvalue weighted by Gasteiger charge is -2.12. The highest BCUT2D eigenvalue weighted by atomic mass is 19.2. The monoisotopic (exact) mass is 398 g/mol. The first-order valence-electron chi connectivity index (χ1n) is 10.1. The van der Waals surface area contributed by atoms with E-state index in [4.69, 9.17) is 0 Å². The molecule has 0 bridgehead atoms. The molecule has 0 saturated heterocycles. The van der Waals surface area contributed by atoms with Crippen LogP contribution in [0.4, 0.5) is 17.6 Å². The van der Waals surface area contributed by atoms with Crippen LogP contribution in [0.5, 0.6) is 0 Å². The van der Waals surface area contributed by atoms with Crippen molar-refractivity contribution in [2.75, 3.05) is 0 Å². The first kappa shape index (κ1) is 19.7. The van der Waals surface area contributed by atoms with Crippen LogP contribution in [-0.2, 0) is 19.3 Å². The van der Waals surface area contributed by atoms with Gasteiger partial charge in [0.05, 0.1) is 0 Å². The number of aryl methyl sites for hydroxylation is 2. The highest BCUT2D eigenvalue weighted by Gasteiger charge is 2.31. The van der Waals surface area contributed by atoms with Gasteiger partial charge in [-0.05, 0) is 59.6 Å². The zero-order chi connectivity index (χ0) is 20.7. The van der Waals surface area contributed by atoms with E-state index in [2.05, 4.69) is 6.92 Å². The fraction of sp³-hybridized carbons (Fsp3) is 0.280. The molecule has 0 saturated carbocycles. The minimum absolute atomic E-state index is 0.146. The van der Waals surface area contributed by atoms with Gasteiger partial charge in [0.25, 0.3) is 0 Å². The minimum Gasteiger partial charge on any atom is -0.203 e. The maximum absolute atomic E-state index is 15.0. The summed E-state index contributed by atoms with van der Waals surface area (Å²) in [4.78, 5) is 0. The summed E-state index contributed by atoms with van der Waals surface area (Å²) in [5.74, 6) is -4.22. The first-order chi connectivity index (χ1) is 14.0. The van der Waals surface area contributed by atoms with E-state index in [0.29, 0.717) is 23.1 Å². The third kappa shape index (κ3) is 3.25. The number of hydrogen-bond acceptors (Lipinski definition) is 0. The van der Waals surface area contributed by atoms with Gasteiger partial charge in [0.2, 0.25) is 0 Å². The van der Waals surface area contributed by atoms with E-state index in [1.54, 1.807) is 31.2 Å². The van der Waals surface area contributed by atoms with Gasteiger partial charge in [0.1, 0.15) is 0 Å². The Morgan fingerprint density at radius 2 is 1.38 bits per heavy atom. The molecular weight excluding hydrogens is 376 g/mol. The highest BCUT2D eigenvalue weighted by Crippen LogP contribution is 2.44. The van der Waals surface area contributed by atoms with E-state index in [9.17, 15) is 13.2 Å². The van der Waals surface area contributed by atoms with Crippen molar-refractivity contribution in [3.8, 4) is 22.3 Å². The molecule has 4 rings (SSSR count). The van der Waals surface area contributed by atoms with Gasteiger partial charge in [0.15, 0.2) is 23.3 Å². The van der Waals surface area contributed by atoms with Gasteiger partial charge in [-0.2, -0.15) is 0 Å². The van der Waals surface area contributed by atoms with E-state index in [1.165, 1.54) is 0 Å². The van der Waals surface area contributed by atoms with Crippen LogP contribution in [0.2, 0.25) is 0 Å². The highest BCUT2D eigenvalue weighted by molar-refractivity contribution is 5.82. The second-order valence-corrected chi connectivity index (χ2v) is 7.61. The van der Waals surface area contributed by atoms with Crippen LogP contribution in [-0.4, -0.2) is 0 Å². The van der Waals surface area contributed by atoms with Gasteiger partial charge in [-0.15, -0.1) is 0 Å². The zero-order valence-electron chi connectivity index (χ0n) is 16.5. The van der Waals surface area contributed by atoms with Crippen molar-refractivity contribution < 1.29 is 17.6 Å². The van der Waals surface area contributed by atoms with Crippen LogP contribution >= 0.6 is 0 Å². The second-order valence-electron chi connectivity index (χ2n) is 7.61. The fourth-order valence-electron chi connectivity index (χ4n) is 4.14. The molecule has 150 valence electrons. The maximum Gasteiger partial charge on any atom is 0.167 e. The van der Waals surface area contributed by atoms with Crippen molar-refractivity contribution in [2.45, 2.75) is 46.0 Å². The SMILES string of the molecule is CCCCc1ccc(-c2cc3c(c(F)c2F)-c2c(cc(CC)c(F)c2F)C3)cc1. The quantitative estimate of drug-likeness (QED) is 0.308. The zero-order valence-corrected chi connectivity index (χ0v) is 16.5. The predicted molar refractivity (Wildman–Crippen MR) is 108 cm³/mol. The van der Waals surface area contributed by atoms with Crippen LogP contribution in [0.3, 0.4) is 0 Å². The van der Waals surface area contributed by atoms with Gasteiger partial charge >= 0.3 is 0 Å². The summed E-state index contributed by atoms with van der Waals surface area (Å²) in [5, 5.41) is 0. The molecule has 0 spiro atoms. The second kappa shape index (κ2) is 7.66. The number of fused-ring (bicyclic) bond motifs is 3. The van der Waals surface area contributed by atoms with Crippen LogP contribution in [0.15, 0.2) is 36.4 Å². The number of unbranched alkanes of at least 4 members (excludes halogenated alkanes) is 1. The molecule has 4 heteroatoms. The van der Waals surface area contributed by atoms with Crippen molar-refractivity contribution in [2.24, 2.45) is 0 Å². The summed E-state index contributed by atoms with van der Waals surface area (Å²) in [5.41, 5.74) is 2.80. The Bertz CT molecular complexity index is 1080. The van der Waals surface area contributed by atoms with Gasteiger partial charge in [-0.25, -0.2) is 17.6 Å². The number of rotatable bonds is 5. The summed E-state index contributed by atoms with van der Waals surface area (Å²) < 4.78 is 58.8. The van der Waals surface area contributed by atoms with Gasteiger partial charge in [-0.3, -0.25) is 0 Å². The molecule has 3 aromatic carbocycles. The third-order valence-corrected chi connectivity index (χ3v) is 5.75. The Morgan fingerprint density at radius 1 is 0.759 bits per heavy atom. The molecule has 3 aromatic rings. The van der Waals surface area contributed by atoms with E-state index in [1.807, 2.05) is 12.1 Å². The minimum atomic E-state index is -1.12. The van der Waals surface area contributed by atoms with E-state index in [-0.39, 0.29) is 28.7 Å². The summed E-state index contributed by atoms with van der Waals surface area (Å²) in [6.45, 7) is 3.85. The molecule has 1 aliphatic rings. The number of benzene rings is 3. The van der Waals surface area contributed by atoms with Gasteiger partial charge < -0.3 is 0 Å². The van der Waals surface area contributed by atoms with Crippen LogP contribution in [0, 0.1) is 23.3 Å². The molecular formula is C25H22F4. The molecule has 0 aromatic heterocycles. The Morgan fingerprint density at radius 3 is 2.00 bits per heavy atom. The van der Waals surface area contributed by atoms with E-state index in [0.717, 1.165) is 24.8 Å². The molecule has 0 heterocycles. The molecule has 0 N–H and O–H groups in total. The van der Waals surface area contributed by atoms with Gasteiger partial charge in [0, 0.05) is 16.7 Å². The standard InChI is InChI=1S/C25H22F4/c1-3-5-6-14-7-9-16(10-8-14)19-13-18-12-17-11-15(4-2)22(26)24(28)20(17)21(18)25(29)23(19)27/h7-11,13H,3-6,12H2,1-2H3. The smallest absolute Gasteiger partial charge is 0.167 e. The Hall–Kier alpha value is -2.62. The third-order valence-electron chi connectivity index (χ3n) is 5.75. The van der Waals surface area contributed by atoms with Crippen LogP contribution < -0.4 is 0 Å². The number of halogens is 4. The molecule has 0 unspecified atom stereocenters. The fourth-order valence-corrected chi connectivity index (χ4v) is 4.14. The Labute approximate surface area is 168 Å². The Balaban J connectivity index is 1.80. The van der Waals surface area contributed by atoms with E-state index >= 15 is 4.39 Å². The molecule has 0 atom stereocenters. The van der Waals surface area contributed by atoms with E-state index < -0.39 is 23.3 Å². The van der Waals surface area contributed by atoms with Crippen LogP contribution in [0.1, 0.15) is 48.9 Å². The lowest BCUT2D eigenvalue weighted by atomic mass is 9.96. The first-order valence-corrected chi connectivity index (χ1v) is 10.1. The largest absolute Gasteiger partial charge is 0.203 e. The summed E-state index contributed by atoms with van der Waals surface area (Å²) in [6.07, 6.45) is 3.69. The summed E-state index contributed by atoms with van der Waals surface area (Å²) in [7, 11) is 0. The van der Waals surface area contributed by atoms with Crippen molar-refractivity contribution in [3.05, 3.63) is 81.9 Å². The van der Waals surface area contributed by atoms with Crippen molar-refractivity contribution in [3.63, 3.8) is 0 Å². The predicted octanol–water partition coefficient (Wildman–Crippen LogP) is 7.39. The van der Waals surface area contributed by atoms with Crippen LogP contribution in [0.25, 0.3) is 22.3 Å². The lowest BCUT2D eigenvalue weighted by molar-refractivity contribution is 0.497. The summed E-state index contributed by atoms with van der Waals surface area (Å²) in [6, 6.07) is 10.5. The molecule has 0 amide bonds. The van der Waals surface area contributed by atoms with Crippen molar-refractivity contribution in [1.29, 1.82) is 0 Å². The van der Waals surface area contributed by atoms with Crippen molar-refractivity contribution >= 4 is 0 Å². The normalized spacial score (nSPS) is 12.2. The topological polar surface area (TPSA) is 0 Å². The summed E-state index contributed by atoms with van der Waals surface area (Å²) >= 11 is 0.